The highest BCUT2D eigenvalue weighted by Crippen LogP contribution is 2.17. The summed E-state index contributed by atoms with van der Waals surface area (Å²) in [5.74, 6) is 0.597. The lowest BCUT2D eigenvalue weighted by Crippen LogP contribution is -2.07. The van der Waals surface area contributed by atoms with E-state index in [0.29, 0.717) is 31.1 Å². The molecule has 0 aliphatic rings. The first-order valence-corrected chi connectivity index (χ1v) is 7.03. The van der Waals surface area contributed by atoms with Crippen LogP contribution in [0.2, 0.25) is 0 Å². The van der Waals surface area contributed by atoms with Gasteiger partial charge >= 0.3 is 0 Å². The van der Waals surface area contributed by atoms with Gasteiger partial charge in [-0.2, -0.15) is 5.26 Å². The van der Waals surface area contributed by atoms with Crippen LogP contribution in [0, 0.1) is 11.3 Å². The maximum absolute atomic E-state index is 8.93. The number of halogens is 1. The van der Waals surface area contributed by atoms with Gasteiger partial charge in [0, 0.05) is 4.47 Å². The average Bonchev–Trinajstić information content (AvgIpc) is 2.49. The largest absolute Gasteiger partial charge is 0.490 e. The molecule has 0 spiro atoms. The van der Waals surface area contributed by atoms with Crippen molar-refractivity contribution in [2.75, 3.05) is 13.2 Å². The number of para-hydroxylation sites is 1. The number of nitrogens with zero attached hydrogens (tertiary/aromatic N) is 1. The summed E-state index contributed by atoms with van der Waals surface area (Å²) in [6.07, 6.45) is 0. The highest BCUT2D eigenvalue weighted by Gasteiger charge is 2.02. The molecule has 0 atom stereocenters. The van der Waals surface area contributed by atoms with Gasteiger partial charge in [-0.05, 0) is 23.8 Å². The van der Waals surface area contributed by atoms with Crippen LogP contribution in [0.3, 0.4) is 0 Å². The minimum absolute atomic E-state index is 0.420. The van der Waals surface area contributed by atoms with Crippen molar-refractivity contribution in [3.05, 3.63) is 64.1 Å². The molecule has 2 aromatic rings. The SMILES string of the molecule is N#Cc1ccccc1OCCOCc1ccccc1Br. The van der Waals surface area contributed by atoms with E-state index < -0.39 is 0 Å². The second kappa shape index (κ2) is 7.68. The molecule has 0 heterocycles. The van der Waals surface area contributed by atoms with Crippen LogP contribution in [0.1, 0.15) is 11.1 Å². The predicted octanol–water partition coefficient (Wildman–Crippen LogP) is 3.92. The van der Waals surface area contributed by atoms with Crippen molar-refractivity contribution in [2.24, 2.45) is 0 Å². The molecule has 0 radical (unpaired) electrons. The lowest BCUT2D eigenvalue weighted by molar-refractivity contribution is 0.0885. The minimum Gasteiger partial charge on any atom is -0.490 e. The Labute approximate surface area is 126 Å². The van der Waals surface area contributed by atoms with Gasteiger partial charge in [-0.3, -0.25) is 0 Å². The fourth-order valence-electron chi connectivity index (χ4n) is 1.69. The second-order valence-corrected chi connectivity index (χ2v) is 4.95. The van der Waals surface area contributed by atoms with Crippen molar-refractivity contribution in [3.63, 3.8) is 0 Å². The number of benzene rings is 2. The molecular formula is C16H14BrNO2. The van der Waals surface area contributed by atoms with Gasteiger partial charge in [-0.15, -0.1) is 0 Å². The Kier molecular flexibility index (Phi) is 5.60. The Bertz CT molecular complexity index is 607. The van der Waals surface area contributed by atoms with Crippen molar-refractivity contribution >= 4 is 15.9 Å². The maximum atomic E-state index is 8.93. The molecule has 0 unspecified atom stereocenters. The van der Waals surface area contributed by atoms with Gasteiger partial charge in [0.25, 0.3) is 0 Å². The summed E-state index contributed by atoms with van der Waals surface area (Å²) in [6, 6.07) is 17.2. The minimum atomic E-state index is 0.420. The summed E-state index contributed by atoms with van der Waals surface area (Å²) in [5.41, 5.74) is 1.64. The fourth-order valence-corrected chi connectivity index (χ4v) is 2.09. The smallest absolute Gasteiger partial charge is 0.137 e. The fraction of sp³-hybridized carbons (Fsp3) is 0.188. The highest BCUT2D eigenvalue weighted by molar-refractivity contribution is 9.10. The van der Waals surface area contributed by atoms with Crippen LogP contribution < -0.4 is 4.74 Å². The van der Waals surface area contributed by atoms with E-state index in [-0.39, 0.29) is 0 Å². The molecule has 2 aromatic carbocycles. The van der Waals surface area contributed by atoms with Gasteiger partial charge < -0.3 is 9.47 Å². The van der Waals surface area contributed by atoms with Crippen LogP contribution in [-0.2, 0) is 11.3 Å². The standard InChI is InChI=1S/C16H14BrNO2/c17-15-7-3-1-6-14(15)12-19-9-10-20-16-8-4-2-5-13(16)11-18/h1-8H,9-10,12H2. The zero-order valence-electron chi connectivity index (χ0n) is 10.9. The van der Waals surface area contributed by atoms with Crippen molar-refractivity contribution in [1.29, 1.82) is 5.26 Å². The summed E-state index contributed by atoms with van der Waals surface area (Å²) >= 11 is 3.47. The van der Waals surface area contributed by atoms with Crippen LogP contribution in [0.25, 0.3) is 0 Å². The van der Waals surface area contributed by atoms with Gasteiger partial charge in [0.05, 0.1) is 18.8 Å². The van der Waals surface area contributed by atoms with Crippen molar-refractivity contribution in [1.82, 2.24) is 0 Å². The molecular weight excluding hydrogens is 318 g/mol. The molecule has 0 amide bonds. The third kappa shape index (κ3) is 4.09. The normalized spacial score (nSPS) is 10.0. The van der Waals surface area contributed by atoms with Gasteiger partial charge in [-0.25, -0.2) is 0 Å². The third-order valence-electron chi connectivity index (χ3n) is 2.71. The Morgan fingerprint density at radius 3 is 2.55 bits per heavy atom. The quantitative estimate of drug-likeness (QED) is 0.753. The number of nitriles is 1. The molecule has 0 fully saturated rings. The first-order valence-electron chi connectivity index (χ1n) is 6.24. The number of ether oxygens (including phenoxy) is 2. The zero-order valence-corrected chi connectivity index (χ0v) is 12.5. The van der Waals surface area contributed by atoms with Crippen LogP contribution in [0.5, 0.6) is 5.75 Å². The van der Waals surface area contributed by atoms with Crippen LogP contribution in [0.4, 0.5) is 0 Å². The maximum Gasteiger partial charge on any atom is 0.137 e. The lowest BCUT2D eigenvalue weighted by atomic mass is 10.2. The van der Waals surface area contributed by atoms with Gasteiger partial charge in [0.1, 0.15) is 18.4 Å². The molecule has 3 nitrogen and oxygen atoms in total. The highest BCUT2D eigenvalue weighted by atomic mass is 79.9. The molecule has 4 heteroatoms. The zero-order chi connectivity index (χ0) is 14.2. The van der Waals surface area contributed by atoms with Crippen molar-refractivity contribution in [2.45, 2.75) is 6.61 Å². The number of hydrogen-bond donors (Lipinski definition) is 0. The molecule has 0 aromatic heterocycles. The summed E-state index contributed by atoms with van der Waals surface area (Å²) < 4.78 is 12.1. The van der Waals surface area contributed by atoms with Crippen LogP contribution >= 0.6 is 15.9 Å². The molecule has 0 aliphatic carbocycles. The summed E-state index contributed by atoms with van der Waals surface area (Å²) in [7, 11) is 0. The molecule has 2 rings (SSSR count). The number of rotatable bonds is 6. The molecule has 0 saturated carbocycles. The summed E-state index contributed by atoms with van der Waals surface area (Å²) in [6.45, 7) is 1.43. The Morgan fingerprint density at radius 1 is 1.00 bits per heavy atom. The first kappa shape index (κ1) is 14.6. The first-order chi connectivity index (χ1) is 9.81. The molecule has 0 N–H and O–H groups in total. The third-order valence-corrected chi connectivity index (χ3v) is 3.48. The van der Waals surface area contributed by atoms with E-state index in [1.165, 1.54) is 0 Å². The average molecular weight is 332 g/mol. The van der Waals surface area contributed by atoms with E-state index in [0.717, 1.165) is 10.0 Å². The molecule has 0 aliphatic heterocycles. The predicted molar refractivity (Wildman–Crippen MR) is 80.5 cm³/mol. The Morgan fingerprint density at radius 2 is 1.75 bits per heavy atom. The van der Waals surface area contributed by atoms with Crippen LogP contribution in [0.15, 0.2) is 53.0 Å². The Balaban J connectivity index is 1.75. The van der Waals surface area contributed by atoms with Crippen molar-refractivity contribution in [3.8, 4) is 11.8 Å². The van der Waals surface area contributed by atoms with Gasteiger partial charge in [0.15, 0.2) is 0 Å². The van der Waals surface area contributed by atoms with Gasteiger partial charge in [0.2, 0.25) is 0 Å². The molecule has 102 valence electrons. The van der Waals surface area contributed by atoms with E-state index in [2.05, 4.69) is 22.0 Å². The van der Waals surface area contributed by atoms with Crippen molar-refractivity contribution < 1.29 is 9.47 Å². The van der Waals surface area contributed by atoms with E-state index >= 15 is 0 Å². The van der Waals surface area contributed by atoms with Gasteiger partial charge in [-0.1, -0.05) is 46.3 Å². The summed E-state index contributed by atoms with van der Waals surface area (Å²) in [4.78, 5) is 0. The van der Waals surface area contributed by atoms with E-state index in [1.807, 2.05) is 36.4 Å². The van der Waals surface area contributed by atoms with E-state index in [9.17, 15) is 0 Å². The van der Waals surface area contributed by atoms with Crippen LogP contribution in [-0.4, -0.2) is 13.2 Å². The molecule has 20 heavy (non-hydrogen) atoms. The lowest BCUT2D eigenvalue weighted by Gasteiger charge is -2.09. The number of hydrogen-bond acceptors (Lipinski definition) is 3. The Hall–Kier alpha value is -1.83. The molecule has 0 bridgehead atoms. The van der Waals surface area contributed by atoms with E-state index in [1.54, 1.807) is 12.1 Å². The second-order valence-electron chi connectivity index (χ2n) is 4.10. The summed E-state index contributed by atoms with van der Waals surface area (Å²) in [5, 5.41) is 8.93. The molecule has 0 saturated heterocycles. The topological polar surface area (TPSA) is 42.2 Å². The monoisotopic (exact) mass is 331 g/mol. The van der Waals surface area contributed by atoms with E-state index in [4.69, 9.17) is 14.7 Å².